The van der Waals surface area contributed by atoms with E-state index in [0.717, 1.165) is 5.75 Å². The zero-order valence-corrected chi connectivity index (χ0v) is 13.6. The fraction of sp³-hybridized carbons (Fsp3) is 0.143. The molecule has 0 fully saturated rings. The van der Waals surface area contributed by atoms with Crippen LogP contribution in [-0.2, 0) is 10.0 Å². The molecule has 5 nitrogen and oxygen atoms in total. The van der Waals surface area contributed by atoms with Crippen molar-refractivity contribution in [1.82, 2.24) is 0 Å². The molecule has 0 aliphatic carbocycles. The van der Waals surface area contributed by atoms with Gasteiger partial charge in [0.05, 0.1) is 16.0 Å². The number of rotatable bonds is 5. The predicted molar refractivity (Wildman–Crippen MR) is 83.2 cm³/mol. The molecule has 0 unspecified atom stereocenters. The van der Waals surface area contributed by atoms with Crippen LogP contribution in [0.25, 0.3) is 0 Å². The summed E-state index contributed by atoms with van der Waals surface area (Å²) < 4.78 is 34.0. The zero-order valence-electron chi connectivity index (χ0n) is 11.2. The van der Waals surface area contributed by atoms with Gasteiger partial charge in [-0.25, -0.2) is 13.6 Å². The Morgan fingerprint density at radius 1 is 1.10 bits per heavy atom. The quantitative estimate of drug-likeness (QED) is 0.874. The molecule has 0 aliphatic heterocycles. The van der Waals surface area contributed by atoms with Crippen LogP contribution in [0, 0.1) is 0 Å². The van der Waals surface area contributed by atoms with Gasteiger partial charge in [-0.3, -0.25) is 0 Å². The van der Waals surface area contributed by atoms with E-state index in [1.54, 1.807) is 30.3 Å². The first-order valence-corrected chi connectivity index (χ1v) is 8.47. The molecule has 0 amide bonds. The van der Waals surface area contributed by atoms with Gasteiger partial charge in [0.25, 0.3) is 0 Å². The van der Waals surface area contributed by atoms with Crippen molar-refractivity contribution in [2.45, 2.75) is 11.8 Å². The Kier molecular flexibility index (Phi) is 4.87. The number of hydrogen-bond acceptors (Lipinski definition) is 4. The Labute approximate surface area is 131 Å². The molecule has 2 aromatic carbocycles. The van der Waals surface area contributed by atoms with E-state index >= 15 is 0 Å². The monoisotopic (exact) mass is 371 g/mol. The SMILES string of the molecule is CCOc1ccc(Oc2ccc(S(N)(=O)=O)cc2Br)cc1. The molecule has 0 aromatic heterocycles. The van der Waals surface area contributed by atoms with Gasteiger partial charge < -0.3 is 9.47 Å². The molecule has 0 saturated carbocycles. The minimum atomic E-state index is -3.73. The normalized spacial score (nSPS) is 11.2. The molecule has 21 heavy (non-hydrogen) atoms. The topological polar surface area (TPSA) is 78.6 Å². The second-order valence-corrected chi connectivity index (χ2v) is 6.56. The van der Waals surface area contributed by atoms with Crippen LogP contribution in [0.15, 0.2) is 51.8 Å². The molecule has 0 spiro atoms. The molecular formula is C14H14BrNO4S. The number of hydrogen-bond donors (Lipinski definition) is 1. The fourth-order valence-electron chi connectivity index (χ4n) is 1.64. The van der Waals surface area contributed by atoms with Gasteiger partial charge in [-0.05, 0) is 65.3 Å². The summed E-state index contributed by atoms with van der Waals surface area (Å²) in [5, 5.41) is 5.07. The van der Waals surface area contributed by atoms with Gasteiger partial charge in [-0.15, -0.1) is 0 Å². The largest absolute Gasteiger partial charge is 0.494 e. The third-order valence-corrected chi connectivity index (χ3v) is 4.13. The Bertz CT molecular complexity index is 729. The van der Waals surface area contributed by atoms with E-state index in [4.69, 9.17) is 14.6 Å². The van der Waals surface area contributed by atoms with E-state index in [2.05, 4.69) is 15.9 Å². The molecule has 0 radical (unpaired) electrons. The van der Waals surface area contributed by atoms with Crippen molar-refractivity contribution in [2.24, 2.45) is 5.14 Å². The highest BCUT2D eigenvalue weighted by Gasteiger charge is 2.11. The number of nitrogens with two attached hydrogens (primary N) is 1. The van der Waals surface area contributed by atoms with E-state index in [0.29, 0.717) is 22.6 Å². The van der Waals surface area contributed by atoms with Crippen LogP contribution < -0.4 is 14.6 Å². The van der Waals surface area contributed by atoms with Crippen molar-refractivity contribution >= 4 is 26.0 Å². The van der Waals surface area contributed by atoms with E-state index in [1.807, 2.05) is 6.92 Å². The maximum Gasteiger partial charge on any atom is 0.238 e. The molecule has 0 heterocycles. The summed E-state index contributed by atoms with van der Waals surface area (Å²) in [6.45, 7) is 2.51. The minimum absolute atomic E-state index is 0.0217. The Morgan fingerprint density at radius 2 is 1.71 bits per heavy atom. The predicted octanol–water partition coefficient (Wildman–Crippen LogP) is 3.29. The van der Waals surface area contributed by atoms with Gasteiger partial charge in [0.15, 0.2) is 0 Å². The first-order valence-electron chi connectivity index (χ1n) is 6.13. The second-order valence-electron chi connectivity index (χ2n) is 4.14. The van der Waals surface area contributed by atoms with Crippen LogP contribution in [0.3, 0.4) is 0 Å². The summed E-state index contributed by atoms with van der Waals surface area (Å²) in [5.41, 5.74) is 0. The minimum Gasteiger partial charge on any atom is -0.494 e. The lowest BCUT2D eigenvalue weighted by Crippen LogP contribution is -2.11. The Hall–Kier alpha value is -1.57. The van der Waals surface area contributed by atoms with E-state index in [9.17, 15) is 8.42 Å². The summed E-state index contributed by atoms with van der Waals surface area (Å²) in [4.78, 5) is 0.0217. The average Bonchev–Trinajstić information content (AvgIpc) is 2.42. The van der Waals surface area contributed by atoms with Crippen LogP contribution in [0.4, 0.5) is 0 Å². The molecule has 0 aliphatic rings. The average molecular weight is 372 g/mol. The molecular weight excluding hydrogens is 358 g/mol. The fourth-order valence-corrected chi connectivity index (χ4v) is 2.79. The first-order chi connectivity index (χ1) is 9.90. The summed E-state index contributed by atoms with van der Waals surface area (Å²) in [5.74, 6) is 1.86. The molecule has 2 N–H and O–H groups in total. The van der Waals surface area contributed by atoms with Crippen LogP contribution in [-0.4, -0.2) is 15.0 Å². The standard InChI is InChI=1S/C14H14BrNO4S/c1-2-19-10-3-5-11(6-4-10)20-14-8-7-12(9-13(14)15)21(16,17)18/h3-9H,2H2,1H3,(H2,16,17,18). The number of ether oxygens (including phenoxy) is 2. The molecule has 0 atom stereocenters. The van der Waals surface area contributed by atoms with Crippen LogP contribution in [0.1, 0.15) is 6.92 Å². The summed E-state index contributed by atoms with van der Waals surface area (Å²) in [6.07, 6.45) is 0. The maximum absolute atomic E-state index is 11.3. The molecule has 2 rings (SSSR count). The highest BCUT2D eigenvalue weighted by Crippen LogP contribution is 2.32. The number of benzene rings is 2. The third kappa shape index (κ3) is 4.20. The van der Waals surface area contributed by atoms with Gasteiger partial charge in [0.2, 0.25) is 10.0 Å². The number of sulfonamides is 1. The lowest BCUT2D eigenvalue weighted by atomic mass is 10.3. The molecule has 112 valence electrons. The van der Waals surface area contributed by atoms with Gasteiger partial charge in [0, 0.05) is 0 Å². The highest BCUT2D eigenvalue weighted by atomic mass is 79.9. The van der Waals surface area contributed by atoms with Crippen LogP contribution >= 0.6 is 15.9 Å². The number of halogens is 1. The van der Waals surface area contributed by atoms with Gasteiger partial charge in [-0.1, -0.05) is 0 Å². The van der Waals surface area contributed by atoms with Crippen LogP contribution in [0.2, 0.25) is 0 Å². The zero-order chi connectivity index (χ0) is 15.5. The van der Waals surface area contributed by atoms with Gasteiger partial charge >= 0.3 is 0 Å². The molecule has 0 saturated heterocycles. The van der Waals surface area contributed by atoms with Crippen molar-refractivity contribution in [3.63, 3.8) is 0 Å². The summed E-state index contributed by atoms with van der Waals surface area (Å²) >= 11 is 3.27. The molecule has 0 bridgehead atoms. The Balaban J connectivity index is 2.20. The molecule has 7 heteroatoms. The summed E-state index contributed by atoms with van der Waals surface area (Å²) in [7, 11) is -3.73. The van der Waals surface area contributed by atoms with E-state index in [-0.39, 0.29) is 4.90 Å². The van der Waals surface area contributed by atoms with Crippen molar-refractivity contribution in [1.29, 1.82) is 0 Å². The smallest absolute Gasteiger partial charge is 0.238 e. The van der Waals surface area contributed by atoms with Crippen LogP contribution in [0.5, 0.6) is 17.2 Å². The maximum atomic E-state index is 11.3. The van der Waals surface area contributed by atoms with Crippen molar-refractivity contribution in [3.8, 4) is 17.2 Å². The Morgan fingerprint density at radius 3 is 2.24 bits per heavy atom. The van der Waals surface area contributed by atoms with E-state index < -0.39 is 10.0 Å². The first kappa shape index (κ1) is 15.8. The van der Waals surface area contributed by atoms with E-state index in [1.165, 1.54) is 12.1 Å². The second kappa shape index (κ2) is 6.46. The van der Waals surface area contributed by atoms with Crippen molar-refractivity contribution < 1.29 is 17.9 Å². The highest BCUT2D eigenvalue weighted by molar-refractivity contribution is 9.10. The van der Waals surface area contributed by atoms with Crippen molar-refractivity contribution in [3.05, 3.63) is 46.9 Å². The van der Waals surface area contributed by atoms with Gasteiger partial charge in [-0.2, -0.15) is 0 Å². The van der Waals surface area contributed by atoms with Gasteiger partial charge in [0.1, 0.15) is 17.2 Å². The molecule has 2 aromatic rings. The summed E-state index contributed by atoms with van der Waals surface area (Å²) in [6, 6.07) is 11.5. The lowest BCUT2D eigenvalue weighted by Gasteiger charge is -2.09. The lowest BCUT2D eigenvalue weighted by molar-refractivity contribution is 0.339. The number of primary sulfonamides is 1. The third-order valence-electron chi connectivity index (χ3n) is 2.59. The van der Waals surface area contributed by atoms with Crippen molar-refractivity contribution in [2.75, 3.05) is 6.61 Å².